The van der Waals surface area contributed by atoms with Crippen molar-refractivity contribution in [2.45, 2.75) is 36.7 Å². The van der Waals surface area contributed by atoms with Gasteiger partial charge in [0, 0.05) is 38.7 Å². The van der Waals surface area contributed by atoms with Gasteiger partial charge in [0.25, 0.3) is 0 Å². The van der Waals surface area contributed by atoms with Crippen LogP contribution in [0.3, 0.4) is 0 Å². The molecule has 1 saturated heterocycles. The summed E-state index contributed by atoms with van der Waals surface area (Å²) < 4.78 is 47.3. The summed E-state index contributed by atoms with van der Waals surface area (Å²) in [5, 5.41) is 3.14. The molecule has 1 fully saturated rings. The second-order valence-corrected chi connectivity index (χ2v) is 9.52. The summed E-state index contributed by atoms with van der Waals surface area (Å²) in [5.41, 5.74) is 2.00. The number of anilines is 1. The predicted molar refractivity (Wildman–Crippen MR) is 110 cm³/mol. The molecule has 1 atom stereocenters. The third-order valence-corrected chi connectivity index (χ3v) is 7.65. The molecule has 0 spiro atoms. The molecule has 0 aliphatic carbocycles. The smallest absolute Gasteiger partial charge is 0.247 e. The van der Waals surface area contributed by atoms with Gasteiger partial charge < -0.3 is 15.0 Å². The van der Waals surface area contributed by atoms with Crippen LogP contribution in [0, 0.1) is 5.82 Å². The maximum Gasteiger partial charge on any atom is 0.247 e. The lowest BCUT2D eigenvalue weighted by Crippen LogP contribution is -2.33. The first-order valence-electron chi connectivity index (χ1n) is 9.96. The maximum absolute atomic E-state index is 13.9. The summed E-state index contributed by atoms with van der Waals surface area (Å²) >= 11 is 0. The van der Waals surface area contributed by atoms with Gasteiger partial charge in [0.1, 0.15) is 28.1 Å². The molecule has 1 N–H and O–H groups in total. The Labute approximate surface area is 176 Å². The van der Waals surface area contributed by atoms with Gasteiger partial charge >= 0.3 is 0 Å². The van der Waals surface area contributed by atoms with Crippen molar-refractivity contribution < 1.29 is 17.5 Å². The fourth-order valence-electron chi connectivity index (χ4n) is 4.19. The van der Waals surface area contributed by atoms with E-state index in [1.807, 2.05) is 14.1 Å². The Balaban J connectivity index is 1.75. The Bertz CT molecular complexity index is 1050. The lowest BCUT2D eigenvalue weighted by atomic mass is 10.1. The van der Waals surface area contributed by atoms with Crippen LogP contribution < -0.4 is 10.1 Å². The molecule has 1 unspecified atom stereocenters. The third-order valence-electron chi connectivity index (χ3n) is 5.72. The highest BCUT2D eigenvalue weighted by atomic mass is 32.2. The van der Waals surface area contributed by atoms with Gasteiger partial charge in [-0.15, -0.1) is 0 Å². The van der Waals surface area contributed by atoms with Crippen LogP contribution in [-0.2, 0) is 23.0 Å². The van der Waals surface area contributed by atoms with E-state index in [4.69, 9.17) is 9.72 Å². The van der Waals surface area contributed by atoms with Crippen molar-refractivity contribution in [3.8, 4) is 5.75 Å². The van der Waals surface area contributed by atoms with E-state index in [2.05, 4.69) is 15.2 Å². The minimum Gasteiger partial charge on any atom is -0.495 e. The molecule has 4 rings (SSSR count). The summed E-state index contributed by atoms with van der Waals surface area (Å²) in [4.78, 5) is 11.5. The molecule has 3 heterocycles. The summed E-state index contributed by atoms with van der Waals surface area (Å²) in [7, 11) is 1.24. The molecule has 0 amide bonds. The second-order valence-electron chi connectivity index (χ2n) is 7.66. The number of fused-ring (bicyclic) bond motifs is 1. The Morgan fingerprint density at radius 2 is 2.07 bits per heavy atom. The SMILES string of the molecule is CNc1nc(C2CCCN2S(=O)(=O)c2cc(F)ccc2OC)nc2c1CN(C)CC2. The van der Waals surface area contributed by atoms with E-state index in [1.54, 1.807) is 0 Å². The molecule has 1 aromatic carbocycles. The molecule has 0 saturated carbocycles. The molecule has 0 bridgehead atoms. The van der Waals surface area contributed by atoms with Gasteiger partial charge in [-0.25, -0.2) is 22.8 Å². The van der Waals surface area contributed by atoms with E-state index in [0.717, 1.165) is 42.7 Å². The molecule has 2 aliphatic rings. The van der Waals surface area contributed by atoms with Crippen molar-refractivity contribution >= 4 is 15.8 Å². The van der Waals surface area contributed by atoms with E-state index in [-0.39, 0.29) is 10.6 Å². The van der Waals surface area contributed by atoms with Crippen LogP contribution in [0.15, 0.2) is 23.1 Å². The first-order valence-corrected chi connectivity index (χ1v) is 11.4. The first kappa shape index (κ1) is 21.0. The number of aromatic nitrogens is 2. The number of rotatable bonds is 5. The predicted octanol–water partition coefficient (Wildman–Crippen LogP) is 2.18. The molecule has 8 nitrogen and oxygen atoms in total. The average Bonchev–Trinajstić information content (AvgIpc) is 3.24. The summed E-state index contributed by atoms with van der Waals surface area (Å²) in [6.45, 7) is 1.96. The van der Waals surface area contributed by atoms with E-state index >= 15 is 0 Å². The quantitative estimate of drug-likeness (QED) is 0.770. The van der Waals surface area contributed by atoms with Crippen molar-refractivity contribution in [1.29, 1.82) is 0 Å². The monoisotopic (exact) mass is 435 g/mol. The molecule has 10 heteroatoms. The highest BCUT2D eigenvalue weighted by molar-refractivity contribution is 7.89. The average molecular weight is 436 g/mol. The largest absolute Gasteiger partial charge is 0.495 e. The number of methoxy groups -OCH3 is 1. The highest BCUT2D eigenvalue weighted by Crippen LogP contribution is 2.39. The van der Waals surface area contributed by atoms with E-state index in [0.29, 0.717) is 25.2 Å². The number of sulfonamides is 1. The molecule has 162 valence electrons. The Morgan fingerprint density at radius 3 is 2.80 bits per heavy atom. The minimum atomic E-state index is -3.99. The Hall–Kier alpha value is -2.30. The van der Waals surface area contributed by atoms with Crippen molar-refractivity contribution in [2.24, 2.45) is 0 Å². The van der Waals surface area contributed by atoms with E-state index < -0.39 is 21.9 Å². The van der Waals surface area contributed by atoms with Gasteiger partial charge in [0.2, 0.25) is 10.0 Å². The summed E-state index contributed by atoms with van der Waals surface area (Å²) in [6, 6.07) is 3.02. The number of benzene rings is 1. The van der Waals surface area contributed by atoms with E-state index in [9.17, 15) is 12.8 Å². The number of hydrogen-bond donors (Lipinski definition) is 1. The Kier molecular flexibility index (Phi) is 5.65. The molecular weight excluding hydrogens is 409 g/mol. The van der Waals surface area contributed by atoms with Crippen LogP contribution in [0.25, 0.3) is 0 Å². The minimum absolute atomic E-state index is 0.118. The third kappa shape index (κ3) is 3.63. The summed E-state index contributed by atoms with van der Waals surface area (Å²) in [6.07, 6.45) is 2.07. The van der Waals surface area contributed by atoms with Crippen molar-refractivity contribution in [1.82, 2.24) is 19.2 Å². The van der Waals surface area contributed by atoms with Gasteiger partial charge in [0.15, 0.2) is 0 Å². The molecule has 0 radical (unpaired) electrons. The zero-order chi connectivity index (χ0) is 21.5. The molecule has 2 aliphatic heterocycles. The second kappa shape index (κ2) is 8.09. The lowest BCUT2D eigenvalue weighted by Gasteiger charge is -2.28. The van der Waals surface area contributed by atoms with Crippen LogP contribution >= 0.6 is 0 Å². The Morgan fingerprint density at radius 1 is 1.27 bits per heavy atom. The standard InChI is InChI=1S/C20H26FN5O3S/c1-22-19-14-12-25(2)10-8-15(14)23-20(24-19)16-5-4-9-26(16)30(27,28)18-11-13(21)6-7-17(18)29-3/h6-7,11,16H,4-5,8-10,12H2,1-3H3,(H,22,23,24). The van der Waals surface area contributed by atoms with Crippen molar-refractivity contribution in [3.63, 3.8) is 0 Å². The first-order chi connectivity index (χ1) is 14.3. The molecule has 1 aromatic heterocycles. The van der Waals surface area contributed by atoms with Gasteiger partial charge in [-0.1, -0.05) is 0 Å². The summed E-state index contributed by atoms with van der Waals surface area (Å²) in [5.74, 6) is 0.706. The number of nitrogens with zero attached hydrogens (tertiary/aromatic N) is 4. The fourth-order valence-corrected chi connectivity index (χ4v) is 6.01. The molecule has 2 aromatic rings. The van der Waals surface area contributed by atoms with Gasteiger partial charge in [-0.3, -0.25) is 0 Å². The molecule has 30 heavy (non-hydrogen) atoms. The number of nitrogens with one attached hydrogen (secondary N) is 1. The van der Waals surface area contributed by atoms with Crippen LogP contribution in [0.1, 0.15) is 36.0 Å². The fraction of sp³-hybridized carbons (Fsp3) is 0.500. The topological polar surface area (TPSA) is 87.7 Å². The van der Waals surface area contributed by atoms with Gasteiger partial charge in [-0.05, 0) is 38.1 Å². The zero-order valence-electron chi connectivity index (χ0n) is 17.4. The number of halogens is 1. The van der Waals surface area contributed by atoms with Gasteiger partial charge in [0.05, 0.1) is 18.8 Å². The zero-order valence-corrected chi connectivity index (χ0v) is 18.2. The lowest BCUT2D eigenvalue weighted by molar-refractivity contribution is 0.307. The van der Waals surface area contributed by atoms with E-state index in [1.165, 1.54) is 23.5 Å². The van der Waals surface area contributed by atoms with Crippen molar-refractivity contribution in [3.05, 3.63) is 41.1 Å². The van der Waals surface area contributed by atoms with Crippen LogP contribution in [0.5, 0.6) is 5.75 Å². The molecular formula is C20H26FN5O3S. The highest BCUT2D eigenvalue weighted by Gasteiger charge is 2.40. The van der Waals surface area contributed by atoms with Gasteiger partial charge in [-0.2, -0.15) is 4.31 Å². The van der Waals surface area contributed by atoms with Crippen molar-refractivity contribution in [2.75, 3.05) is 39.6 Å². The normalized spacial score (nSPS) is 20.2. The van der Waals surface area contributed by atoms with Crippen LogP contribution in [-0.4, -0.2) is 61.9 Å². The number of likely N-dealkylation sites (N-methyl/N-ethyl adjacent to an activating group) is 1. The number of ether oxygens (including phenoxy) is 1. The van der Waals surface area contributed by atoms with Crippen LogP contribution in [0.4, 0.5) is 10.2 Å². The van der Waals surface area contributed by atoms with Crippen LogP contribution in [0.2, 0.25) is 0 Å². The maximum atomic E-state index is 13.9. The number of hydrogen-bond acceptors (Lipinski definition) is 7.